The van der Waals surface area contributed by atoms with Gasteiger partial charge in [-0.2, -0.15) is 0 Å². The van der Waals surface area contributed by atoms with E-state index < -0.39 is 0 Å². The molecule has 0 fully saturated rings. The highest BCUT2D eigenvalue weighted by atomic mass is 16.5. The predicted molar refractivity (Wildman–Crippen MR) is 76.4 cm³/mol. The lowest BCUT2D eigenvalue weighted by molar-refractivity contribution is 0.179. The van der Waals surface area contributed by atoms with Crippen LogP contribution in [0.4, 0.5) is 0 Å². The van der Waals surface area contributed by atoms with Crippen LogP contribution in [0.1, 0.15) is 60.3 Å². The lowest BCUT2D eigenvalue weighted by Gasteiger charge is -2.33. The minimum Gasteiger partial charge on any atom is -0.383 e. The zero-order chi connectivity index (χ0) is 13.4. The zero-order valence-corrected chi connectivity index (χ0v) is 12.9. The van der Waals surface area contributed by atoms with E-state index in [1.54, 1.807) is 7.11 Å². The fraction of sp³-hybridized carbons (Fsp3) is 1.00. The van der Waals surface area contributed by atoms with Crippen LogP contribution in [0.15, 0.2) is 0 Å². The van der Waals surface area contributed by atoms with Gasteiger partial charge in [0.2, 0.25) is 0 Å². The molecule has 0 spiro atoms. The van der Waals surface area contributed by atoms with Gasteiger partial charge in [0, 0.05) is 20.2 Å². The molecule has 0 heterocycles. The molecule has 0 rings (SSSR count). The summed E-state index contributed by atoms with van der Waals surface area (Å²) in [5.74, 6) is 0. The van der Waals surface area contributed by atoms with E-state index in [2.05, 4.69) is 39.9 Å². The van der Waals surface area contributed by atoms with Crippen LogP contribution in [0.3, 0.4) is 0 Å². The summed E-state index contributed by atoms with van der Waals surface area (Å²) in [6.07, 6.45) is 5.19. The van der Waals surface area contributed by atoms with Gasteiger partial charge in [-0.25, -0.2) is 0 Å². The van der Waals surface area contributed by atoms with Crippen molar-refractivity contribution in [3.05, 3.63) is 0 Å². The number of hydrogen-bond acceptors (Lipinski definition) is 2. The van der Waals surface area contributed by atoms with Gasteiger partial charge in [0.15, 0.2) is 0 Å². The van der Waals surface area contributed by atoms with Crippen molar-refractivity contribution >= 4 is 0 Å². The van der Waals surface area contributed by atoms with E-state index in [0.29, 0.717) is 10.8 Å². The first-order chi connectivity index (χ1) is 7.83. The van der Waals surface area contributed by atoms with Crippen molar-refractivity contribution in [2.45, 2.75) is 60.3 Å². The van der Waals surface area contributed by atoms with Crippen LogP contribution < -0.4 is 5.32 Å². The third-order valence-corrected chi connectivity index (χ3v) is 3.37. The van der Waals surface area contributed by atoms with Crippen LogP contribution in [0.2, 0.25) is 0 Å². The summed E-state index contributed by atoms with van der Waals surface area (Å²) >= 11 is 0. The molecular weight excluding hydrogens is 210 g/mol. The normalized spacial score (nSPS) is 15.9. The molecule has 0 aliphatic carbocycles. The second kappa shape index (κ2) is 8.10. The van der Waals surface area contributed by atoms with Crippen LogP contribution in [0.25, 0.3) is 0 Å². The summed E-state index contributed by atoms with van der Waals surface area (Å²) in [6, 6.07) is 0. The molecule has 1 unspecified atom stereocenters. The molecule has 2 heteroatoms. The van der Waals surface area contributed by atoms with Crippen LogP contribution in [0, 0.1) is 10.8 Å². The maximum absolute atomic E-state index is 5.07. The molecule has 17 heavy (non-hydrogen) atoms. The molecule has 0 amide bonds. The van der Waals surface area contributed by atoms with Crippen molar-refractivity contribution in [3.8, 4) is 0 Å². The molecule has 0 aromatic heterocycles. The Balaban J connectivity index is 4.06. The topological polar surface area (TPSA) is 21.3 Å². The van der Waals surface area contributed by atoms with Crippen LogP contribution in [-0.2, 0) is 4.74 Å². The average Bonchev–Trinajstić information content (AvgIpc) is 2.22. The predicted octanol–water partition coefficient (Wildman–Crippen LogP) is 3.86. The van der Waals surface area contributed by atoms with Gasteiger partial charge in [-0.05, 0) is 30.1 Å². The quantitative estimate of drug-likeness (QED) is 0.621. The summed E-state index contributed by atoms with van der Waals surface area (Å²) in [6.45, 7) is 14.6. The Bertz CT molecular complexity index is 186. The minimum absolute atomic E-state index is 0.440. The molecule has 0 aliphatic heterocycles. The van der Waals surface area contributed by atoms with Crippen LogP contribution >= 0.6 is 0 Å². The molecular formula is C15H33NO. The van der Waals surface area contributed by atoms with Crippen molar-refractivity contribution in [1.29, 1.82) is 0 Å². The highest BCUT2D eigenvalue weighted by molar-refractivity contribution is 4.79. The Hall–Kier alpha value is -0.0800. The highest BCUT2D eigenvalue weighted by Gasteiger charge is 2.25. The van der Waals surface area contributed by atoms with Gasteiger partial charge in [0.1, 0.15) is 0 Å². The number of methoxy groups -OCH3 is 1. The van der Waals surface area contributed by atoms with Gasteiger partial charge in [-0.3, -0.25) is 0 Å². The highest BCUT2D eigenvalue weighted by Crippen LogP contribution is 2.33. The third kappa shape index (κ3) is 9.61. The maximum atomic E-state index is 5.07. The van der Waals surface area contributed by atoms with E-state index in [1.807, 2.05) is 0 Å². The zero-order valence-electron chi connectivity index (χ0n) is 12.9. The summed E-state index contributed by atoms with van der Waals surface area (Å²) < 4.78 is 5.07. The lowest BCUT2D eigenvalue weighted by Crippen LogP contribution is -2.34. The smallest absolute Gasteiger partial charge is 0.0587 e. The molecule has 0 aliphatic rings. The molecule has 0 aromatic carbocycles. The van der Waals surface area contributed by atoms with Crippen molar-refractivity contribution in [2.24, 2.45) is 10.8 Å². The third-order valence-electron chi connectivity index (χ3n) is 3.37. The largest absolute Gasteiger partial charge is 0.383 e. The van der Waals surface area contributed by atoms with Crippen molar-refractivity contribution in [2.75, 3.05) is 26.8 Å². The summed E-state index contributed by atoms with van der Waals surface area (Å²) in [5.41, 5.74) is 0.886. The number of hydrogen-bond donors (Lipinski definition) is 1. The molecule has 0 bridgehead atoms. The summed E-state index contributed by atoms with van der Waals surface area (Å²) in [5, 5.41) is 3.52. The molecule has 0 radical (unpaired) electrons. The molecule has 0 saturated carbocycles. The average molecular weight is 243 g/mol. The molecule has 2 nitrogen and oxygen atoms in total. The Morgan fingerprint density at radius 1 is 1.00 bits per heavy atom. The van der Waals surface area contributed by atoms with Gasteiger partial charge >= 0.3 is 0 Å². The molecule has 0 saturated heterocycles. The van der Waals surface area contributed by atoms with Gasteiger partial charge in [-0.1, -0.05) is 41.0 Å². The van der Waals surface area contributed by atoms with E-state index >= 15 is 0 Å². The number of rotatable bonds is 9. The second-order valence-electron chi connectivity index (χ2n) is 6.79. The van der Waals surface area contributed by atoms with Crippen molar-refractivity contribution in [3.63, 3.8) is 0 Å². The fourth-order valence-electron chi connectivity index (χ4n) is 2.15. The van der Waals surface area contributed by atoms with Gasteiger partial charge < -0.3 is 10.1 Å². The Morgan fingerprint density at radius 2 is 1.65 bits per heavy atom. The first-order valence-electron chi connectivity index (χ1n) is 7.03. The van der Waals surface area contributed by atoms with Crippen molar-refractivity contribution < 1.29 is 4.74 Å². The Labute approximate surface area is 109 Å². The van der Waals surface area contributed by atoms with Gasteiger partial charge in [0.05, 0.1) is 6.61 Å². The maximum Gasteiger partial charge on any atom is 0.0587 e. The molecule has 1 N–H and O–H groups in total. The Morgan fingerprint density at radius 3 is 2.12 bits per heavy atom. The monoisotopic (exact) mass is 243 g/mol. The summed E-state index contributed by atoms with van der Waals surface area (Å²) in [7, 11) is 1.76. The van der Waals surface area contributed by atoms with Gasteiger partial charge in [-0.15, -0.1) is 0 Å². The first kappa shape index (κ1) is 16.9. The Kier molecular flexibility index (Phi) is 8.06. The van der Waals surface area contributed by atoms with E-state index in [0.717, 1.165) is 19.7 Å². The minimum atomic E-state index is 0.440. The lowest BCUT2D eigenvalue weighted by atomic mass is 9.76. The van der Waals surface area contributed by atoms with E-state index in [-0.39, 0.29) is 0 Å². The molecule has 0 aromatic rings. The summed E-state index contributed by atoms with van der Waals surface area (Å²) in [4.78, 5) is 0. The second-order valence-corrected chi connectivity index (χ2v) is 6.79. The first-order valence-corrected chi connectivity index (χ1v) is 7.03. The van der Waals surface area contributed by atoms with E-state index in [1.165, 1.54) is 25.7 Å². The standard InChI is InChI=1S/C15H33NO/c1-7-8-15(5,10-9-14(2,3)4)13-16-11-12-17-6/h16H,7-13H2,1-6H3. The fourth-order valence-corrected chi connectivity index (χ4v) is 2.15. The number of ether oxygens (including phenoxy) is 1. The number of nitrogens with one attached hydrogen (secondary N) is 1. The SMILES string of the molecule is CCCC(C)(CCC(C)(C)C)CNCCOC. The van der Waals surface area contributed by atoms with E-state index in [4.69, 9.17) is 4.74 Å². The molecule has 1 atom stereocenters. The van der Waals surface area contributed by atoms with Crippen LogP contribution in [-0.4, -0.2) is 26.8 Å². The van der Waals surface area contributed by atoms with Gasteiger partial charge in [0.25, 0.3) is 0 Å². The van der Waals surface area contributed by atoms with Crippen LogP contribution in [0.5, 0.6) is 0 Å². The molecule has 104 valence electrons. The van der Waals surface area contributed by atoms with E-state index in [9.17, 15) is 0 Å². The van der Waals surface area contributed by atoms with Crippen molar-refractivity contribution in [1.82, 2.24) is 5.32 Å².